The van der Waals surface area contributed by atoms with Gasteiger partial charge in [0.1, 0.15) is 0 Å². The lowest BCUT2D eigenvalue weighted by molar-refractivity contribution is -0.0439. The molecule has 0 amide bonds. The normalized spacial score (nSPS) is 25.1. The number of hydrogen-bond acceptors (Lipinski definition) is 4. The van der Waals surface area contributed by atoms with Crippen molar-refractivity contribution >= 4 is 16.0 Å². The van der Waals surface area contributed by atoms with E-state index >= 15 is 0 Å². The number of hydrogen-bond donors (Lipinski definition) is 2. The van der Waals surface area contributed by atoms with Crippen molar-refractivity contribution in [3.8, 4) is 0 Å². The average Bonchev–Trinajstić information content (AvgIpc) is 2.75. The zero-order valence-electron chi connectivity index (χ0n) is 12.3. The first-order valence-electron chi connectivity index (χ1n) is 6.76. The van der Waals surface area contributed by atoms with Crippen LogP contribution in [0.15, 0.2) is 6.07 Å². The molecule has 1 aromatic rings. The fourth-order valence-electron chi connectivity index (χ4n) is 2.21. The van der Waals surface area contributed by atoms with Crippen LogP contribution in [0.5, 0.6) is 0 Å². The number of anilines is 1. The van der Waals surface area contributed by atoms with Gasteiger partial charge in [-0.3, -0.25) is 9.82 Å². The molecule has 1 aliphatic heterocycles. The highest BCUT2D eigenvalue weighted by Gasteiger charge is 2.31. The fraction of sp³-hybridized carbons (Fsp3) is 0.750. The molecule has 114 valence electrons. The summed E-state index contributed by atoms with van der Waals surface area (Å²) in [6, 6.07) is 1.72. The van der Waals surface area contributed by atoms with Gasteiger partial charge in [-0.1, -0.05) is 13.8 Å². The van der Waals surface area contributed by atoms with Crippen molar-refractivity contribution in [2.24, 2.45) is 0 Å². The molecule has 2 unspecified atom stereocenters. The lowest BCUT2D eigenvalue weighted by Crippen LogP contribution is -2.49. The van der Waals surface area contributed by atoms with Crippen molar-refractivity contribution < 1.29 is 13.2 Å². The van der Waals surface area contributed by atoms with E-state index < -0.39 is 10.2 Å². The fourth-order valence-corrected chi connectivity index (χ4v) is 3.52. The maximum Gasteiger partial charge on any atom is 0.303 e. The summed E-state index contributed by atoms with van der Waals surface area (Å²) in [5, 5.41) is 6.81. The molecule has 0 bridgehead atoms. The minimum absolute atomic E-state index is 0.110. The molecule has 1 aromatic heterocycles. The van der Waals surface area contributed by atoms with Crippen LogP contribution in [0.4, 0.5) is 5.82 Å². The van der Waals surface area contributed by atoms with Crippen molar-refractivity contribution in [3.63, 3.8) is 0 Å². The highest BCUT2D eigenvalue weighted by molar-refractivity contribution is 7.90. The second-order valence-corrected chi connectivity index (χ2v) is 7.22. The van der Waals surface area contributed by atoms with Gasteiger partial charge < -0.3 is 4.74 Å². The highest BCUT2D eigenvalue weighted by atomic mass is 32.2. The van der Waals surface area contributed by atoms with Gasteiger partial charge in [0.25, 0.3) is 0 Å². The topological polar surface area (TPSA) is 87.3 Å². The SMILES string of the molecule is CC1CN(S(=O)(=O)Nc2cc(C(C)C)[nH]n2)CC(C)O1. The molecule has 2 heterocycles. The van der Waals surface area contributed by atoms with E-state index in [0.717, 1.165) is 5.69 Å². The molecule has 0 spiro atoms. The lowest BCUT2D eigenvalue weighted by Gasteiger charge is -2.34. The smallest absolute Gasteiger partial charge is 0.303 e. The number of nitrogens with zero attached hydrogens (tertiary/aromatic N) is 2. The van der Waals surface area contributed by atoms with Crippen LogP contribution in [0.3, 0.4) is 0 Å². The lowest BCUT2D eigenvalue weighted by atomic mass is 10.1. The number of aromatic nitrogens is 2. The predicted octanol–water partition coefficient (Wildman–Crippen LogP) is 1.30. The maximum atomic E-state index is 12.3. The van der Waals surface area contributed by atoms with Crippen LogP contribution >= 0.6 is 0 Å². The van der Waals surface area contributed by atoms with Gasteiger partial charge in [0.2, 0.25) is 0 Å². The maximum absolute atomic E-state index is 12.3. The van der Waals surface area contributed by atoms with E-state index in [-0.39, 0.29) is 18.1 Å². The van der Waals surface area contributed by atoms with Crippen LogP contribution in [0.25, 0.3) is 0 Å². The zero-order valence-corrected chi connectivity index (χ0v) is 13.1. The summed E-state index contributed by atoms with van der Waals surface area (Å²) in [6.45, 7) is 8.45. The van der Waals surface area contributed by atoms with Gasteiger partial charge in [-0.05, 0) is 19.8 Å². The van der Waals surface area contributed by atoms with Crippen LogP contribution in [0, 0.1) is 0 Å². The third-order valence-corrected chi connectivity index (χ3v) is 4.62. The zero-order chi connectivity index (χ0) is 14.9. The van der Waals surface area contributed by atoms with Crippen LogP contribution in [0.1, 0.15) is 39.3 Å². The Kier molecular flexibility index (Phi) is 4.36. The van der Waals surface area contributed by atoms with Gasteiger partial charge >= 0.3 is 10.2 Å². The minimum Gasteiger partial charge on any atom is -0.373 e. The van der Waals surface area contributed by atoms with Gasteiger partial charge in [-0.25, -0.2) is 0 Å². The van der Waals surface area contributed by atoms with E-state index in [0.29, 0.717) is 18.9 Å². The van der Waals surface area contributed by atoms with Gasteiger partial charge in [0, 0.05) is 24.8 Å². The summed E-state index contributed by atoms with van der Waals surface area (Å²) in [4.78, 5) is 0. The molecular weight excluding hydrogens is 280 g/mol. The molecular formula is C12H22N4O3S. The van der Waals surface area contributed by atoms with Crippen molar-refractivity contribution in [2.45, 2.75) is 45.8 Å². The van der Waals surface area contributed by atoms with E-state index in [1.54, 1.807) is 6.07 Å². The van der Waals surface area contributed by atoms with Crippen molar-refractivity contribution in [1.29, 1.82) is 0 Å². The number of ether oxygens (including phenoxy) is 1. The Morgan fingerprint density at radius 3 is 2.50 bits per heavy atom. The van der Waals surface area contributed by atoms with E-state index in [1.165, 1.54) is 4.31 Å². The summed E-state index contributed by atoms with van der Waals surface area (Å²) < 4.78 is 34.1. The summed E-state index contributed by atoms with van der Waals surface area (Å²) in [5.74, 6) is 0.588. The third-order valence-electron chi connectivity index (χ3n) is 3.18. The first kappa shape index (κ1) is 15.3. The summed E-state index contributed by atoms with van der Waals surface area (Å²) in [6.07, 6.45) is -0.221. The van der Waals surface area contributed by atoms with Crippen molar-refractivity contribution in [1.82, 2.24) is 14.5 Å². The second kappa shape index (κ2) is 5.71. The molecule has 2 atom stereocenters. The summed E-state index contributed by atoms with van der Waals surface area (Å²) >= 11 is 0. The van der Waals surface area contributed by atoms with Crippen molar-refractivity contribution in [3.05, 3.63) is 11.8 Å². The largest absolute Gasteiger partial charge is 0.373 e. The Morgan fingerprint density at radius 1 is 1.40 bits per heavy atom. The molecule has 0 aliphatic carbocycles. The molecule has 1 aliphatic rings. The Hall–Kier alpha value is -1.12. The summed E-state index contributed by atoms with van der Waals surface area (Å²) in [7, 11) is -3.59. The Morgan fingerprint density at radius 2 is 2.00 bits per heavy atom. The molecule has 0 aromatic carbocycles. The van der Waals surface area contributed by atoms with Crippen LogP contribution in [-0.4, -0.2) is 48.2 Å². The molecule has 1 saturated heterocycles. The molecule has 2 N–H and O–H groups in total. The van der Waals surface area contributed by atoms with E-state index in [9.17, 15) is 8.42 Å². The monoisotopic (exact) mass is 302 g/mol. The van der Waals surface area contributed by atoms with Gasteiger partial charge in [-0.2, -0.15) is 17.8 Å². The minimum atomic E-state index is -3.59. The first-order valence-corrected chi connectivity index (χ1v) is 8.20. The standard InChI is InChI=1S/C12H22N4O3S/c1-8(2)11-5-12(14-13-11)15-20(17,18)16-6-9(3)19-10(4)7-16/h5,8-10H,6-7H2,1-4H3,(H2,13,14,15). The number of morpholine rings is 1. The molecule has 7 nitrogen and oxygen atoms in total. The molecule has 8 heteroatoms. The molecule has 2 rings (SSSR count). The third kappa shape index (κ3) is 3.50. The van der Waals surface area contributed by atoms with E-state index in [2.05, 4.69) is 14.9 Å². The van der Waals surface area contributed by atoms with Crippen LogP contribution in [0.2, 0.25) is 0 Å². The van der Waals surface area contributed by atoms with E-state index in [4.69, 9.17) is 4.74 Å². The second-order valence-electron chi connectivity index (χ2n) is 5.54. The quantitative estimate of drug-likeness (QED) is 0.877. The first-order chi connectivity index (χ1) is 9.28. The Balaban J connectivity index is 2.10. The number of aromatic amines is 1. The number of H-pyrrole nitrogens is 1. The van der Waals surface area contributed by atoms with E-state index in [1.807, 2.05) is 27.7 Å². The molecule has 1 fully saturated rings. The molecule has 0 saturated carbocycles. The summed E-state index contributed by atoms with van der Waals surface area (Å²) in [5.41, 5.74) is 0.895. The van der Waals surface area contributed by atoms with Crippen LogP contribution < -0.4 is 4.72 Å². The van der Waals surface area contributed by atoms with Gasteiger partial charge in [0.15, 0.2) is 5.82 Å². The van der Waals surface area contributed by atoms with Gasteiger partial charge in [0.05, 0.1) is 12.2 Å². The van der Waals surface area contributed by atoms with Crippen molar-refractivity contribution in [2.75, 3.05) is 17.8 Å². The molecule has 20 heavy (non-hydrogen) atoms. The van der Waals surface area contributed by atoms with Crippen LogP contribution in [-0.2, 0) is 14.9 Å². The highest BCUT2D eigenvalue weighted by Crippen LogP contribution is 2.19. The Bertz CT molecular complexity index is 545. The Labute approximate surface area is 119 Å². The number of rotatable bonds is 4. The number of nitrogens with one attached hydrogen (secondary N) is 2. The average molecular weight is 302 g/mol. The van der Waals surface area contributed by atoms with Gasteiger partial charge in [-0.15, -0.1) is 0 Å². The molecule has 0 radical (unpaired) electrons. The predicted molar refractivity (Wildman–Crippen MR) is 76.8 cm³/mol.